The van der Waals surface area contributed by atoms with E-state index in [2.05, 4.69) is 10.4 Å². The lowest BCUT2D eigenvalue weighted by Gasteiger charge is -2.18. The van der Waals surface area contributed by atoms with E-state index < -0.39 is 17.9 Å². The first-order chi connectivity index (χ1) is 11.1. The van der Waals surface area contributed by atoms with E-state index in [9.17, 15) is 9.59 Å². The molecule has 1 atom stereocenters. The minimum atomic E-state index is -0.788. The fourth-order valence-corrected chi connectivity index (χ4v) is 2.53. The zero-order chi connectivity index (χ0) is 16.2. The number of nitrogens with two attached hydrogens (primary N) is 1. The van der Waals surface area contributed by atoms with Crippen molar-refractivity contribution in [2.75, 3.05) is 6.61 Å². The molecule has 1 unspecified atom stereocenters. The molecule has 2 aromatic rings. The fraction of sp³-hybridized carbons (Fsp3) is 0.312. The maximum Gasteiger partial charge on any atom is 0.259 e. The summed E-state index contributed by atoms with van der Waals surface area (Å²) in [5.41, 5.74) is 6.66. The molecule has 1 aliphatic rings. The van der Waals surface area contributed by atoms with E-state index in [0.717, 1.165) is 12.0 Å². The first kappa shape index (κ1) is 15.1. The lowest BCUT2D eigenvalue weighted by atomic mass is 10.1. The predicted octanol–water partition coefficient (Wildman–Crippen LogP) is 0.492. The Bertz CT molecular complexity index is 711. The number of primary amides is 1. The summed E-state index contributed by atoms with van der Waals surface area (Å²) in [5, 5.41) is 6.80. The van der Waals surface area contributed by atoms with Gasteiger partial charge in [-0.1, -0.05) is 30.3 Å². The summed E-state index contributed by atoms with van der Waals surface area (Å²) in [7, 11) is 0. The summed E-state index contributed by atoms with van der Waals surface area (Å²) in [6, 6.07) is 8.61. The highest BCUT2D eigenvalue weighted by molar-refractivity contribution is 5.99. The van der Waals surface area contributed by atoms with Crippen molar-refractivity contribution in [3.8, 4) is 5.88 Å². The van der Waals surface area contributed by atoms with Crippen LogP contribution in [0.4, 0.5) is 0 Å². The van der Waals surface area contributed by atoms with Crippen LogP contribution in [0.15, 0.2) is 36.5 Å². The van der Waals surface area contributed by atoms with Gasteiger partial charge in [-0.3, -0.25) is 9.59 Å². The van der Waals surface area contributed by atoms with Crippen molar-refractivity contribution < 1.29 is 14.3 Å². The van der Waals surface area contributed by atoms with E-state index in [-0.39, 0.29) is 0 Å². The lowest BCUT2D eigenvalue weighted by Crippen LogP contribution is -2.45. The molecule has 0 saturated heterocycles. The molecule has 120 valence electrons. The number of amides is 2. The van der Waals surface area contributed by atoms with Crippen molar-refractivity contribution in [2.24, 2.45) is 5.73 Å². The van der Waals surface area contributed by atoms with Crippen LogP contribution in [-0.4, -0.2) is 34.2 Å². The Kier molecular flexibility index (Phi) is 4.27. The van der Waals surface area contributed by atoms with Crippen LogP contribution in [-0.2, 0) is 17.8 Å². The lowest BCUT2D eigenvalue weighted by molar-refractivity contribution is -0.119. The molecule has 0 aliphatic carbocycles. The maximum absolute atomic E-state index is 12.4. The van der Waals surface area contributed by atoms with E-state index in [1.807, 2.05) is 30.3 Å². The van der Waals surface area contributed by atoms with Crippen LogP contribution in [0.1, 0.15) is 22.3 Å². The van der Waals surface area contributed by atoms with Gasteiger partial charge >= 0.3 is 0 Å². The molecule has 23 heavy (non-hydrogen) atoms. The Labute approximate surface area is 133 Å². The van der Waals surface area contributed by atoms with E-state index in [0.29, 0.717) is 31.0 Å². The van der Waals surface area contributed by atoms with Crippen LogP contribution in [0.5, 0.6) is 5.88 Å². The third kappa shape index (κ3) is 3.33. The summed E-state index contributed by atoms with van der Waals surface area (Å²) in [6.07, 6.45) is 2.65. The molecule has 2 amide bonds. The van der Waals surface area contributed by atoms with Crippen molar-refractivity contribution in [3.63, 3.8) is 0 Å². The Morgan fingerprint density at radius 3 is 2.87 bits per heavy atom. The number of carbonyl (C=O) groups is 2. The van der Waals surface area contributed by atoms with Crippen LogP contribution in [0.3, 0.4) is 0 Å². The van der Waals surface area contributed by atoms with Gasteiger partial charge in [0.2, 0.25) is 11.8 Å². The van der Waals surface area contributed by atoms with Gasteiger partial charge in [0.05, 0.1) is 12.8 Å². The highest BCUT2D eigenvalue weighted by atomic mass is 16.5. The van der Waals surface area contributed by atoms with E-state index in [1.54, 1.807) is 4.68 Å². The quantitative estimate of drug-likeness (QED) is 0.839. The monoisotopic (exact) mass is 314 g/mol. The van der Waals surface area contributed by atoms with Gasteiger partial charge < -0.3 is 15.8 Å². The highest BCUT2D eigenvalue weighted by Gasteiger charge is 2.25. The number of benzene rings is 1. The molecule has 0 bridgehead atoms. The summed E-state index contributed by atoms with van der Waals surface area (Å²) in [4.78, 5) is 24.1. The van der Waals surface area contributed by atoms with Gasteiger partial charge in [-0.15, -0.1) is 0 Å². The number of ether oxygens (including phenoxy) is 1. The first-order valence-electron chi connectivity index (χ1n) is 7.48. The Morgan fingerprint density at radius 1 is 1.35 bits per heavy atom. The number of fused-ring (bicyclic) bond motifs is 1. The molecule has 3 rings (SSSR count). The number of nitrogens with one attached hydrogen (secondary N) is 1. The molecule has 7 nitrogen and oxygen atoms in total. The summed E-state index contributed by atoms with van der Waals surface area (Å²) >= 11 is 0. The van der Waals surface area contributed by atoms with Crippen molar-refractivity contribution in [2.45, 2.75) is 25.4 Å². The average Bonchev–Trinajstić information content (AvgIpc) is 2.99. The number of nitrogens with zero attached hydrogens (tertiary/aromatic N) is 2. The van der Waals surface area contributed by atoms with E-state index >= 15 is 0 Å². The molecule has 0 radical (unpaired) electrons. The Hall–Kier alpha value is -2.83. The maximum atomic E-state index is 12.4. The van der Waals surface area contributed by atoms with Crippen LogP contribution < -0.4 is 15.8 Å². The number of hydrogen-bond acceptors (Lipinski definition) is 4. The summed E-state index contributed by atoms with van der Waals surface area (Å²) in [5.74, 6) is -0.547. The standard InChI is InChI=1S/C16H18N4O3/c17-14(21)13(9-11-5-2-1-3-6-11)19-15(22)12-10-18-20-7-4-8-23-16(12)20/h1-3,5-6,10,13H,4,7-9H2,(H2,17,21)(H,19,22). The Morgan fingerprint density at radius 2 is 2.13 bits per heavy atom. The smallest absolute Gasteiger partial charge is 0.259 e. The fourth-order valence-electron chi connectivity index (χ4n) is 2.53. The third-order valence-corrected chi connectivity index (χ3v) is 3.72. The van der Waals surface area contributed by atoms with E-state index in [1.165, 1.54) is 6.20 Å². The number of rotatable bonds is 5. The SMILES string of the molecule is NC(=O)C(Cc1ccccc1)NC(=O)c1cnn2c1OCCC2. The molecular formula is C16H18N4O3. The molecule has 1 aromatic carbocycles. The molecule has 0 saturated carbocycles. The zero-order valence-corrected chi connectivity index (χ0v) is 12.6. The number of carbonyl (C=O) groups excluding carboxylic acids is 2. The first-order valence-corrected chi connectivity index (χ1v) is 7.48. The van der Waals surface area contributed by atoms with Gasteiger partial charge in [0.15, 0.2) is 0 Å². The van der Waals surface area contributed by atoms with Gasteiger partial charge in [-0.25, -0.2) is 4.68 Å². The minimum absolute atomic E-state index is 0.323. The average molecular weight is 314 g/mol. The van der Waals surface area contributed by atoms with Crippen molar-refractivity contribution in [1.29, 1.82) is 0 Å². The van der Waals surface area contributed by atoms with Crippen molar-refractivity contribution in [3.05, 3.63) is 47.7 Å². The summed E-state index contributed by atoms with van der Waals surface area (Å²) < 4.78 is 7.15. The van der Waals surface area contributed by atoms with Crippen LogP contribution in [0, 0.1) is 0 Å². The molecular weight excluding hydrogens is 296 g/mol. The zero-order valence-electron chi connectivity index (χ0n) is 12.6. The minimum Gasteiger partial charge on any atom is -0.477 e. The molecule has 0 spiro atoms. The van der Waals surface area contributed by atoms with Gasteiger partial charge in [0.25, 0.3) is 5.91 Å². The second-order valence-corrected chi connectivity index (χ2v) is 5.41. The van der Waals surface area contributed by atoms with Gasteiger partial charge in [-0.05, 0) is 5.56 Å². The van der Waals surface area contributed by atoms with E-state index in [4.69, 9.17) is 10.5 Å². The largest absolute Gasteiger partial charge is 0.477 e. The van der Waals surface area contributed by atoms with Gasteiger partial charge in [0.1, 0.15) is 11.6 Å². The second kappa shape index (κ2) is 6.51. The highest BCUT2D eigenvalue weighted by Crippen LogP contribution is 2.22. The van der Waals surface area contributed by atoms with Crippen LogP contribution >= 0.6 is 0 Å². The van der Waals surface area contributed by atoms with Crippen molar-refractivity contribution in [1.82, 2.24) is 15.1 Å². The van der Waals surface area contributed by atoms with Crippen LogP contribution in [0.25, 0.3) is 0 Å². The molecule has 3 N–H and O–H groups in total. The Balaban J connectivity index is 1.74. The van der Waals surface area contributed by atoms with Crippen LogP contribution in [0.2, 0.25) is 0 Å². The molecule has 7 heteroatoms. The third-order valence-electron chi connectivity index (χ3n) is 3.72. The molecule has 0 fully saturated rings. The summed E-state index contributed by atoms with van der Waals surface area (Å²) in [6.45, 7) is 1.26. The predicted molar refractivity (Wildman–Crippen MR) is 82.9 cm³/mol. The van der Waals surface area contributed by atoms with Gasteiger partial charge in [-0.2, -0.15) is 5.10 Å². The number of aryl methyl sites for hydroxylation is 1. The second-order valence-electron chi connectivity index (χ2n) is 5.41. The van der Waals surface area contributed by atoms with Gasteiger partial charge in [0, 0.05) is 19.4 Å². The topological polar surface area (TPSA) is 99.2 Å². The molecule has 2 heterocycles. The van der Waals surface area contributed by atoms with Crippen molar-refractivity contribution >= 4 is 11.8 Å². The number of aromatic nitrogens is 2. The molecule has 1 aliphatic heterocycles. The number of hydrogen-bond donors (Lipinski definition) is 2. The normalized spacial score (nSPS) is 14.4. The molecule has 1 aromatic heterocycles.